The van der Waals surface area contributed by atoms with Crippen LogP contribution in [0.15, 0.2) is 23.1 Å². The largest absolute Gasteiger partial charge is 0.478 e. The van der Waals surface area contributed by atoms with E-state index >= 15 is 0 Å². The summed E-state index contributed by atoms with van der Waals surface area (Å²) in [5.41, 5.74) is 5.39. The molecule has 0 radical (unpaired) electrons. The van der Waals surface area contributed by atoms with Gasteiger partial charge in [-0.05, 0) is 18.2 Å². The molecule has 1 rings (SSSR count). The molecule has 6 nitrogen and oxygen atoms in total. The van der Waals surface area contributed by atoms with E-state index in [1.807, 2.05) is 0 Å². The summed E-state index contributed by atoms with van der Waals surface area (Å²) in [7, 11) is -0.885. The SMILES string of the molecule is CN(C)S(=O)(=O)c1ccc(C(=O)O)cc1N. The number of nitrogen functional groups attached to an aromatic ring is 1. The van der Waals surface area contributed by atoms with Crippen molar-refractivity contribution in [2.45, 2.75) is 4.90 Å². The minimum atomic E-state index is -3.63. The quantitative estimate of drug-likeness (QED) is 0.740. The number of aromatic carboxylic acids is 1. The fourth-order valence-corrected chi connectivity index (χ4v) is 2.10. The van der Waals surface area contributed by atoms with Crippen molar-refractivity contribution in [3.8, 4) is 0 Å². The number of carboxylic acid groups (broad SMARTS) is 1. The van der Waals surface area contributed by atoms with Crippen LogP contribution in [0, 0.1) is 0 Å². The van der Waals surface area contributed by atoms with Crippen molar-refractivity contribution < 1.29 is 18.3 Å². The maximum absolute atomic E-state index is 11.7. The predicted octanol–water partition coefficient (Wildman–Crippen LogP) is 0.217. The van der Waals surface area contributed by atoms with Gasteiger partial charge in [-0.2, -0.15) is 0 Å². The Morgan fingerprint density at radius 2 is 1.94 bits per heavy atom. The van der Waals surface area contributed by atoms with Crippen molar-refractivity contribution in [1.29, 1.82) is 0 Å². The highest BCUT2D eigenvalue weighted by Gasteiger charge is 2.20. The zero-order valence-electron chi connectivity index (χ0n) is 8.84. The van der Waals surface area contributed by atoms with Crippen LogP contribution < -0.4 is 5.73 Å². The standard InChI is InChI=1S/C9H12N2O4S/c1-11(2)16(14,15)8-4-3-6(9(12)13)5-7(8)10/h3-5H,10H2,1-2H3,(H,12,13). The van der Waals surface area contributed by atoms with Crippen molar-refractivity contribution in [3.63, 3.8) is 0 Å². The average molecular weight is 244 g/mol. The van der Waals surface area contributed by atoms with Gasteiger partial charge in [0.1, 0.15) is 4.90 Å². The Labute approximate surface area is 93.3 Å². The molecule has 0 aromatic heterocycles. The summed E-state index contributed by atoms with van der Waals surface area (Å²) in [4.78, 5) is 10.5. The first-order valence-corrected chi connectivity index (χ1v) is 5.76. The van der Waals surface area contributed by atoms with Crippen LogP contribution in [0.3, 0.4) is 0 Å². The number of rotatable bonds is 3. The van der Waals surface area contributed by atoms with E-state index in [1.54, 1.807) is 0 Å². The van der Waals surface area contributed by atoms with Crippen LogP contribution in [0.25, 0.3) is 0 Å². The van der Waals surface area contributed by atoms with E-state index in [1.165, 1.54) is 26.2 Å². The van der Waals surface area contributed by atoms with Crippen LogP contribution in [-0.4, -0.2) is 37.9 Å². The number of nitrogens with two attached hydrogens (primary N) is 1. The minimum absolute atomic E-state index is 0.0461. The summed E-state index contributed by atoms with van der Waals surface area (Å²) < 4.78 is 24.5. The topological polar surface area (TPSA) is 101 Å². The van der Waals surface area contributed by atoms with Gasteiger partial charge in [-0.1, -0.05) is 0 Å². The number of anilines is 1. The summed E-state index contributed by atoms with van der Waals surface area (Å²) in [6.07, 6.45) is 0. The summed E-state index contributed by atoms with van der Waals surface area (Å²) >= 11 is 0. The van der Waals surface area contributed by atoms with Gasteiger partial charge in [0.2, 0.25) is 10.0 Å². The number of carboxylic acids is 1. The molecule has 0 spiro atoms. The van der Waals surface area contributed by atoms with Gasteiger partial charge in [0.25, 0.3) is 0 Å². The Hall–Kier alpha value is -1.60. The van der Waals surface area contributed by atoms with E-state index < -0.39 is 16.0 Å². The van der Waals surface area contributed by atoms with E-state index in [9.17, 15) is 13.2 Å². The molecule has 1 aromatic carbocycles. The van der Waals surface area contributed by atoms with Crippen molar-refractivity contribution >= 4 is 21.7 Å². The van der Waals surface area contributed by atoms with Crippen molar-refractivity contribution in [3.05, 3.63) is 23.8 Å². The highest BCUT2D eigenvalue weighted by atomic mass is 32.2. The molecule has 0 fully saturated rings. The third-order valence-corrected chi connectivity index (χ3v) is 3.90. The van der Waals surface area contributed by atoms with E-state index in [2.05, 4.69) is 0 Å². The van der Waals surface area contributed by atoms with Gasteiger partial charge >= 0.3 is 5.97 Å². The lowest BCUT2D eigenvalue weighted by molar-refractivity contribution is 0.0697. The molecular weight excluding hydrogens is 232 g/mol. The number of benzene rings is 1. The molecule has 7 heteroatoms. The Bertz CT molecular complexity index is 522. The van der Waals surface area contributed by atoms with Crippen LogP contribution in [0.4, 0.5) is 5.69 Å². The lowest BCUT2D eigenvalue weighted by Crippen LogP contribution is -2.23. The summed E-state index contributed by atoms with van der Waals surface area (Å²) in [5, 5.41) is 8.70. The molecule has 0 bridgehead atoms. The number of carbonyl (C=O) groups is 1. The zero-order valence-corrected chi connectivity index (χ0v) is 9.65. The van der Waals surface area contributed by atoms with Crippen LogP contribution in [-0.2, 0) is 10.0 Å². The molecule has 0 aliphatic rings. The molecule has 0 aliphatic carbocycles. The average Bonchev–Trinajstić information content (AvgIpc) is 2.16. The molecule has 16 heavy (non-hydrogen) atoms. The maximum Gasteiger partial charge on any atom is 0.335 e. The molecule has 0 heterocycles. The first-order chi connectivity index (χ1) is 7.26. The molecule has 3 N–H and O–H groups in total. The lowest BCUT2D eigenvalue weighted by atomic mass is 10.2. The van der Waals surface area contributed by atoms with Gasteiger partial charge < -0.3 is 10.8 Å². The molecule has 0 saturated carbocycles. The molecule has 0 unspecified atom stereocenters. The number of nitrogens with zero attached hydrogens (tertiary/aromatic N) is 1. The first kappa shape index (κ1) is 12.5. The first-order valence-electron chi connectivity index (χ1n) is 4.32. The van der Waals surface area contributed by atoms with Gasteiger partial charge in [0, 0.05) is 14.1 Å². The van der Waals surface area contributed by atoms with Crippen molar-refractivity contribution in [1.82, 2.24) is 4.31 Å². The third-order valence-electron chi connectivity index (χ3n) is 2.02. The molecular formula is C9H12N2O4S. The van der Waals surface area contributed by atoms with E-state index in [0.29, 0.717) is 0 Å². The van der Waals surface area contributed by atoms with Crippen LogP contribution in [0.2, 0.25) is 0 Å². The number of hydrogen-bond acceptors (Lipinski definition) is 4. The van der Waals surface area contributed by atoms with E-state index in [0.717, 1.165) is 10.4 Å². The number of sulfonamides is 1. The highest BCUT2D eigenvalue weighted by Crippen LogP contribution is 2.22. The molecule has 0 amide bonds. The molecule has 88 valence electrons. The van der Waals surface area contributed by atoms with Gasteiger partial charge in [-0.25, -0.2) is 17.5 Å². The fourth-order valence-electron chi connectivity index (χ4n) is 1.11. The van der Waals surface area contributed by atoms with Gasteiger partial charge in [0.05, 0.1) is 11.3 Å². The summed E-state index contributed by atoms with van der Waals surface area (Å²) in [6.45, 7) is 0. The van der Waals surface area contributed by atoms with E-state index in [4.69, 9.17) is 10.8 Å². The minimum Gasteiger partial charge on any atom is -0.478 e. The zero-order chi connectivity index (χ0) is 12.5. The Balaban J connectivity index is 3.35. The Kier molecular flexibility index (Phi) is 3.20. The van der Waals surface area contributed by atoms with Gasteiger partial charge in [0.15, 0.2) is 0 Å². The second-order valence-electron chi connectivity index (χ2n) is 3.35. The van der Waals surface area contributed by atoms with Crippen molar-refractivity contribution in [2.24, 2.45) is 0 Å². The Morgan fingerprint density at radius 1 is 1.38 bits per heavy atom. The predicted molar refractivity (Wildman–Crippen MR) is 58.7 cm³/mol. The molecule has 0 saturated heterocycles. The fraction of sp³-hybridized carbons (Fsp3) is 0.222. The third kappa shape index (κ3) is 2.15. The van der Waals surface area contributed by atoms with E-state index in [-0.39, 0.29) is 16.1 Å². The molecule has 0 aliphatic heterocycles. The van der Waals surface area contributed by atoms with Crippen LogP contribution in [0.1, 0.15) is 10.4 Å². The molecule has 1 aromatic rings. The smallest absolute Gasteiger partial charge is 0.335 e. The van der Waals surface area contributed by atoms with Crippen LogP contribution in [0.5, 0.6) is 0 Å². The summed E-state index contributed by atoms with van der Waals surface area (Å²) in [5.74, 6) is -1.15. The van der Waals surface area contributed by atoms with Gasteiger partial charge in [-0.3, -0.25) is 0 Å². The summed E-state index contributed by atoms with van der Waals surface area (Å²) in [6, 6.07) is 3.52. The maximum atomic E-state index is 11.7. The van der Waals surface area contributed by atoms with Crippen molar-refractivity contribution in [2.75, 3.05) is 19.8 Å². The monoisotopic (exact) mass is 244 g/mol. The highest BCUT2D eigenvalue weighted by molar-refractivity contribution is 7.89. The van der Waals surface area contributed by atoms with Crippen LogP contribution >= 0.6 is 0 Å². The van der Waals surface area contributed by atoms with Gasteiger partial charge in [-0.15, -0.1) is 0 Å². The second kappa shape index (κ2) is 4.11. The lowest BCUT2D eigenvalue weighted by Gasteiger charge is -2.13. The number of hydrogen-bond donors (Lipinski definition) is 2. The Morgan fingerprint density at radius 3 is 2.31 bits per heavy atom. The normalized spacial score (nSPS) is 11.7. The molecule has 0 atom stereocenters. The second-order valence-corrected chi connectivity index (χ2v) is 5.47.